The highest BCUT2D eigenvalue weighted by Crippen LogP contribution is 2.69. The van der Waals surface area contributed by atoms with Crippen molar-refractivity contribution in [3.8, 4) is 0 Å². The van der Waals surface area contributed by atoms with E-state index in [1.165, 1.54) is 0 Å². The first kappa shape index (κ1) is 17.8. The van der Waals surface area contributed by atoms with E-state index < -0.39 is 34.3 Å². The molecule has 0 radical (unpaired) electrons. The van der Waals surface area contributed by atoms with Crippen LogP contribution in [0.15, 0.2) is 29.2 Å². The number of rotatable bonds is 4. The molecule has 13 heteroatoms. The zero-order valence-electron chi connectivity index (χ0n) is 9.49. The van der Waals surface area contributed by atoms with Crippen molar-refractivity contribution in [2.24, 2.45) is 5.73 Å². The van der Waals surface area contributed by atoms with Gasteiger partial charge in [-0.3, -0.25) is 14.9 Å². The van der Waals surface area contributed by atoms with Gasteiger partial charge in [0, 0.05) is 5.02 Å². The van der Waals surface area contributed by atoms with E-state index in [1.54, 1.807) is 0 Å². The third kappa shape index (κ3) is 2.71. The van der Waals surface area contributed by atoms with Gasteiger partial charge in [-0.25, -0.2) is 8.42 Å². The van der Waals surface area contributed by atoms with E-state index in [9.17, 15) is 17.5 Å². The molecule has 114 valence electrons. The number of halogens is 1. The predicted octanol–water partition coefficient (Wildman–Crippen LogP) is 0.0391. The van der Waals surface area contributed by atoms with Crippen molar-refractivity contribution in [3.05, 3.63) is 29.3 Å². The Morgan fingerprint density at radius 2 is 1.35 bits per heavy atom. The first-order chi connectivity index (χ1) is 8.75. The fourth-order valence-corrected chi connectivity index (χ4v) is 6.73. The Kier molecular flexibility index (Phi) is 4.59. The van der Waals surface area contributed by atoms with E-state index in [0.717, 1.165) is 24.3 Å². The molecule has 20 heavy (non-hydrogen) atoms. The first-order valence-corrected chi connectivity index (χ1v) is 9.74. The average Bonchev–Trinajstić information content (AvgIpc) is 2.25. The molecule has 0 spiro atoms. The molecule has 0 fully saturated rings. The zero-order chi connectivity index (χ0) is 16.0. The summed E-state index contributed by atoms with van der Waals surface area (Å²) >= 11 is 5.52. The topological polar surface area (TPSA) is 175 Å². The lowest BCUT2D eigenvalue weighted by molar-refractivity contribution is 0.329. The van der Waals surface area contributed by atoms with Gasteiger partial charge in [-0.05, 0) is 24.3 Å². The van der Waals surface area contributed by atoms with E-state index in [0.29, 0.717) is 0 Å². The van der Waals surface area contributed by atoms with Crippen molar-refractivity contribution in [1.29, 1.82) is 0 Å². The molecular formula is C7H10ClNO8P2S. The van der Waals surface area contributed by atoms with Gasteiger partial charge >= 0.3 is 19.5 Å². The van der Waals surface area contributed by atoms with Crippen LogP contribution in [0.4, 0.5) is 0 Å². The quantitative estimate of drug-likeness (QED) is 0.461. The van der Waals surface area contributed by atoms with Crippen LogP contribution in [-0.4, -0.2) is 32.3 Å². The molecule has 0 saturated carbocycles. The standard InChI is InChI=1S/C7H10ClNO8P2S/c8-5-1-3-6(4-2-5)20(16,17)7(9,18(10,11)12)19(13,14)15/h1-4H,9H2,(H2,10,11,12)(H2,13,14,15). The summed E-state index contributed by atoms with van der Waals surface area (Å²) < 4.78 is 42.7. The highest BCUT2D eigenvalue weighted by atomic mass is 35.5. The Morgan fingerprint density at radius 1 is 1.00 bits per heavy atom. The summed E-state index contributed by atoms with van der Waals surface area (Å²) in [5.74, 6) is 0. The highest BCUT2D eigenvalue weighted by molar-refractivity contribution is 8.07. The van der Waals surface area contributed by atoms with E-state index in [2.05, 4.69) is 0 Å². The van der Waals surface area contributed by atoms with Crippen LogP contribution >= 0.6 is 26.8 Å². The van der Waals surface area contributed by atoms with Crippen molar-refractivity contribution in [3.63, 3.8) is 0 Å². The van der Waals surface area contributed by atoms with E-state index in [4.69, 9.17) is 36.9 Å². The van der Waals surface area contributed by atoms with Crippen LogP contribution in [0.1, 0.15) is 0 Å². The van der Waals surface area contributed by atoms with Crippen molar-refractivity contribution in [2.45, 2.75) is 9.25 Å². The number of nitrogens with two attached hydrogens (primary N) is 1. The van der Waals surface area contributed by atoms with Crippen LogP contribution in [0.2, 0.25) is 5.02 Å². The number of hydrogen-bond donors (Lipinski definition) is 5. The maximum Gasteiger partial charge on any atom is 0.373 e. The number of benzene rings is 1. The molecule has 1 aromatic rings. The summed E-state index contributed by atoms with van der Waals surface area (Å²) in [5.41, 5.74) is 4.95. The van der Waals surface area contributed by atoms with Crippen LogP contribution in [-0.2, 0) is 19.0 Å². The molecule has 0 atom stereocenters. The monoisotopic (exact) mass is 365 g/mol. The Labute approximate surface area is 118 Å². The summed E-state index contributed by atoms with van der Waals surface area (Å²) in [5, 5.41) is 0.110. The minimum atomic E-state index is -5.91. The molecular weight excluding hydrogens is 356 g/mol. The van der Waals surface area contributed by atoms with E-state index in [1.807, 2.05) is 0 Å². The minimum absolute atomic E-state index is 0.110. The molecule has 1 aromatic carbocycles. The van der Waals surface area contributed by atoms with Gasteiger partial charge in [0.2, 0.25) is 9.84 Å². The molecule has 0 saturated heterocycles. The average molecular weight is 366 g/mol. The minimum Gasteiger partial charge on any atom is -0.322 e. The van der Waals surface area contributed by atoms with Gasteiger partial charge in [-0.2, -0.15) is 0 Å². The SMILES string of the molecule is NC(P(=O)(O)O)(P(=O)(O)O)S(=O)(=O)c1ccc(Cl)cc1. The molecule has 6 N–H and O–H groups in total. The lowest BCUT2D eigenvalue weighted by Gasteiger charge is -2.29. The van der Waals surface area contributed by atoms with Crippen molar-refractivity contribution in [2.75, 3.05) is 0 Å². The molecule has 0 unspecified atom stereocenters. The zero-order valence-corrected chi connectivity index (χ0v) is 12.9. The molecule has 9 nitrogen and oxygen atoms in total. The molecule has 0 bridgehead atoms. The second kappa shape index (κ2) is 5.17. The first-order valence-electron chi connectivity index (χ1n) is 4.65. The van der Waals surface area contributed by atoms with E-state index in [-0.39, 0.29) is 5.02 Å². The molecule has 1 rings (SSSR count). The van der Waals surface area contributed by atoms with Crippen LogP contribution in [0.3, 0.4) is 0 Å². The number of hydrogen-bond acceptors (Lipinski definition) is 5. The molecule has 0 aliphatic carbocycles. The predicted molar refractivity (Wildman–Crippen MR) is 69.6 cm³/mol. The van der Waals surface area contributed by atoms with Crippen molar-refractivity contribution in [1.82, 2.24) is 0 Å². The van der Waals surface area contributed by atoms with E-state index >= 15 is 0 Å². The Hall–Kier alpha value is -0.280. The fourth-order valence-electron chi connectivity index (χ4n) is 1.27. The summed E-state index contributed by atoms with van der Waals surface area (Å²) in [7, 11) is -17.1. The molecule has 0 aromatic heterocycles. The summed E-state index contributed by atoms with van der Waals surface area (Å²) in [6, 6.07) is 3.78. The van der Waals surface area contributed by atoms with Gasteiger partial charge in [0.25, 0.3) is 0 Å². The maximum atomic E-state index is 12.1. The molecule has 0 amide bonds. The second-order valence-electron chi connectivity index (χ2n) is 3.70. The van der Waals surface area contributed by atoms with Crippen LogP contribution in [0.25, 0.3) is 0 Å². The number of sulfone groups is 1. The van der Waals surface area contributed by atoms with Crippen LogP contribution in [0, 0.1) is 0 Å². The fraction of sp³-hybridized carbons (Fsp3) is 0.143. The summed E-state index contributed by atoms with van der Waals surface area (Å²) in [6.07, 6.45) is 0. The third-order valence-corrected chi connectivity index (χ3v) is 10.4. The third-order valence-electron chi connectivity index (χ3n) is 2.35. The normalized spacial score (nSPS) is 14.3. The summed E-state index contributed by atoms with van der Waals surface area (Å²) in [4.78, 5) is 35.3. The Bertz CT molecular complexity index is 683. The largest absolute Gasteiger partial charge is 0.373 e. The van der Waals surface area contributed by atoms with Gasteiger partial charge < -0.3 is 19.6 Å². The van der Waals surface area contributed by atoms with Gasteiger partial charge in [0.1, 0.15) is 0 Å². The van der Waals surface area contributed by atoms with Gasteiger partial charge in [0.05, 0.1) is 4.90 Å². The van der Waals surface area contributed by atoms with Crippen molar-refractivity contribution < 1.29 is 37.1 Å². The lowest BCUT2D eigenvalue weighted by atomic mass is 10.4. The van der Waals surface area contributed by atoms with Crippen LogP contribution < -0.4 is 5.73 Å². The van der Waals surface area contributed by atoms with Crippen LogP contribution in [0.5, 0.6) is 0 Å². The Balaban J connectivity index is 3.70. The van der Waals surface area contributed by atoms with Gasteiger partial charge in [-0.1, -0.05) is 11.6 Å². The highest BCUT2D eigenvalue weighted by Gasteiger charge is 2.67. The summed E-state index contributed by atoms with van der Waals surface area (Å²) in [6.45, 7) is 0. The smallest absolute Gasteiger partial charge is 0.322 e. The maximum absolute atomic E-state index is 12.1. The molecule has 0 heterocycles. The second-order valence-corrected chi connectivity index (χ2v) is 10.8. The Morgan fingerprint density at radius 3 is 1.65 bits per heavy atom. The van der Waals surface area contributed by atoms with Gasteiger partial charge in [-0.15, -0.1) is 0 Å². The van der Waals surface area contributed by atoms with Crippen molar-refractivity contribution >= 4 is 36.6 Å². The lowest BCUT2D eigenvalue weighted by Crippen LogP contribution is -2.47. The molecule has 0 aliphatic heterocycles. The van der Waals surface area contributed by atoms with Gasteiger partial charge in [0.15, 0.2) is 0 Å². The molecule has 0 aliphatic rings.